The third kappa shape index (κ3) is 26.2. The molecule has 0 aliphatic carbocycles. The fourth-order valence-corrected chi connectivity index (χ4v) is 5.09. The van der Waals surface area contributed by atoms with Crippen molar-refractivity contribution in [3.05, 3.63) is 0 Å². The molecule has 0 fully saturated rings. The molecule has 0 saturated heterocycles. The van der Waals surface area contributed by atoms with Gasteiger partial charge < -0.3 is 4.74 Å². The van der Waals surface area contributed by atoms with Crippen LogP contribution in [0.5, 0.6) is 0 Å². The van der Waals surface area contributed by atoms with Gasteiger partial charge in [0.05, 0.1) is 6.61 Å². The molecule has 0 aromatic rings. The predicted octanol–water partition coefficient (Wildman–Crippen LogP) is 10.9. The SMILES string of the molecule is CCCCCCCCC(CCCCCCCC)CCOC(=O)CCCCCC(=O)CCCCCCC. The average Bonchev–Trinajstić information content (AvgIpc) is 2.87. The van der Waals surface area contributed by atoms with Gasteiger partial charge >= 0.3 is 5.97 Å². The van der Waals surface area contributed by atoms with Crippen LogP contribution in [-0.4, -0.2) is 18.4 Å². The zero-order chi connectivity index (χ0) is 26.5. The van der Waals surface area contributed by atoms with E-state index in [-0.39, 0.29) is 5.97 Å². The molecule has 0 atom stereocenters. The second-order valence-electron chi connectivity index (χ2n) is 11.3. The molecule has 0 saturated carbocycles. The fraction of sp³-hybridized carbons (Fsp3) is 0.939. The van der Waals surface area contributed by atoms with Crippen molar-refractivity contribution in [1.29, 1.82) is 0 Å². The second kappa shape index (κ2) is 28.7. The van der Waals surface area contributed by atoms with Crippen molar-refractivity contribution >= 4 is 11.8 Å². The Balaban J connectivity index is 3.92. The first-order valence-corrected chi connectivity index (χ1v) is 16.3. The summed E-state index contributed by atoms with van der Waals surface area (Å²) >= 11 is 0. The van der Waals surface area contributed by atoms with Crippen LogP contribution in [0.1, 0.15) is 188 Å². The maximum atomic E-state index is 12.2. The average molecular weight is 509 g/mol. The number of Topliss-reactive ketones (excluding diaryl/α,β-unsaturated/α-hetero) is 1. The van der Waals surface area contributed by atoms with Gasteiger partial charge in [-0.25, -0.2) is 0 Å². The van der Waals surface area contributed by atoms with Gasteiger partial charge in [0.1, 0.15) is 5.78 Å². The number of hydrogen-bond donors (Lipinski definition) is 0. The Morgan fingerprint density at radius 2 is 0.861 bits per heavy atom. The molecule has 0 heterocycles. The maximum Gasteiger partial charge on any atom is 0.305 e. The molecule has 0 radical (unpaired) electrons. The van der Waals surface area contributed by atoms with E-state index >= 15 is 0 Å². The van der Waals surface area contributed by atoms with Crippen LogP contribution >= 0.6 is 0 Å². The molecule has 0 amide bonds. The van der Waals surface area contributed by atoms with E-state index in [0.29, 0.717) is 31.1 Å². The molecular formula is C33H64O3. The summed E-state index contributed by atoms with van der Waals surface area (Å²) in [6, 6.07) is 0. The van der Waals surface area contributed by atoms with Crippen molar-refractivity contribution < 1.29 is 14.3 Å². The van der Waals surface area contributed by atoms with Crippen molar-refractivity contribution in [3.63, 3.8) is 0 Å². The highest BCUT2D eigenvalue weighted by Gasteiger charge is 2.11. The van der Waals surface area contributed by atoms with Crippen molar-refractivity contribution in [2.45, 2.75) is 188 Å². The van der Waals surface area contributed by atoms with Gasteiger partial charge in [-0.05, 0) is 31.6 Å². The molecule has 0 aliphatic heterocycles. The van der Waals surface area contributed by atoms with Gasteiger partial charge in [0.2, 0.25) is 0 Å². The maximum absolute atomic E-state index is 12.2. The fourth-order valence-electron chi connectivity index (χ4n) is 5.09. The van der Waals surface area contributed by atoms with Gasteiger partial charge in [-0.2, -0.15) is 0 Å². The lowest BCUT2D eigenvalue weighted by atomic mass is 9.91. The normalized spacial score (nSPS) is 11.3. The molecule has 36 heavy (non-hydrogen) atoms. The summed E-state index contributed by atoms with van der Waals surface area (Å²) in [5, 5.41) is 0. The summed E-state index contributed by atoms with van der Waals surface area (Å²) < 4.78 is 5.60. The first-order chi connectivity index (χ1) is 17.6. The van der Waals surface area contributed by atoms with Crippen LogP contribution in [0.4, 0.5) is 0 Å². The van der Waals surface area contributed by atoms with E-state index in [1.165, 1.54) is 116 Å². The Hall–Kier alpha value is -0.860. The van der Waals surface area contributed by atoms with Gasteiger partial charge in [0, 0.05) is 19.3 Å². The van der Waals surface area contributed by atoms with E-state index in [1.54, 1.807) is 0 Å². The van der Waals surface area contributed by atoms with Crippen molar-refractivity contribution in [2.75, 3.05) is 6.61 Å². The number of hydrogen-bond acceptors (Lipinski definition) is 3. The number of rotatable bonds is 29. The molecule has 0 bridgehead atoms. The molecule has 0 unspecified atom stereocenters. The Kier molecular flexibility index (Phi) is 28.0. The number of ketones is 1. The van der Waals surface area contributed by atoms with Gasteiger partial charge in [-0.3, -0.25) is 9.59 Å². The quantitative estimate of drug-likeness (QED) is 0.0745. The molecule has 0 aromatic heterocycles. The Morgan fingerprint density at radius 3 is 1.36 bits per heavy atom. The molecule has 0 aromatic carbocycles. The first-order valence-electron chi connectivity index (χ1n) is 16.3. The predicted molar refractivity (Wildman–Crippen MR) is 157 cm³/mol. The van der Waals surface area contributed by atoms with Crippen molar-refractivity contribution in [3.8, 4) is 0 Å². The van der Waals surface area contributed by atoms with Crippen LogP contribution in [0.25, 0.3) is 0 Å². The largest absolute Gasteiger partial charge is 0.466 e. The second-order valence-corrected chi connectivity index (χ2v) is 11.3. The van der Waals surface area contributed by atoms with Crippen LogP contribution in [0.15, 0.2) is 0 Å². The molecule has 0 spiro atoms. The van der Waals surface area contributed by atoms with Gasteiger partial charge in [-0.1, -0.05) is 143 Å². The minimum atomic E-state index is -0.0462. The molecular weight excluding hydrogens is 444 g/mol. The highest BCUT2D eigenvalue weighted by atomic mass is 16.5. The van der Waals surface area contributed by atoms with E-state index in [4.69, 9.17) is 4.74 Å². The van der Waals surface area contributed by atoms with Crippen LogP contribution in [0, 0.1) is 5.92 Å². The highest BCUT2D eigenvalue weighted by Crippen LogP contribution is 2.22. The van der Waals surface area contributed by atoms with Gasteiger partial charge in [0.15, 0.2) is 0 Å². The first kappa shape index (κ1) is 35.1. The number of ether oxygens (including phenoxy) is 1. The lowest BCUT2D eigenvalue weighted by Crippen LogP contribution is -2.10. The van der Waals surface area contributed by atoms with Gasteiger partial charge in [0.25, 0.3) is 0 Å². The summed E-state index contributed by atoms with van der Waals surface area (Å²) in [5.74, 6) is 1.06. The number of carbonyl (C=O) groups is 2. The van der Waals surface area contributed by atoms with E-state index in [1.807, 2.05) is 0 Å². The number of carbonyl (C=O) groups excluding carboxylic acids is 2. The zero-order valence-electron chi connectivity index (χ0n) is 24.9. The Morgan fingerprint density at radius 1 is 0.472 bits per heavy atom. The lowest BCUT2D eigenvalue weighted by molar-refractivity contribution is -0.144. The Labute approximate surface area is 226 Å². The summed E-state index contributed by atoms with van der Waals surface area (Å²) in [6.45, 7) is 7.35. The summed E-state index contributed by atoms with van der Waals surface area (Å²) in [4.78, 5) is 24.1. The lowest BCUT2D eigenvalue weighted by Gasteiger charge is -2.17. The topological polar surface area (TPSA) is 43.4 Å². The van der Waals surface area contributed by atoms with Crippen LogP contribution < -0.4 is 0 Å². The number of esters is 1. The molecule has 3 heteroatoms. The van der Waals surface area contributed by atoms with Crippen LogP contribution in [0.2, 0.25) is 0 Å². The molecule has 3 nitrogen and oxygen atoms in total. The monoisotopic (exact) mass is 508 g/mol. The van der Waals surface area contributed by atoms with E-state index in [9.17, 15) is 9.59 Å². The number of unbranched alkanes of at least 4 members (excludes halogenated alkanes) is 16. The highest BCUT2D eigenvalue weighted by molar-refractivity contribution is 5.78. The molecule has 0 N–H and O–H groups in total. The Bertz CT molecular complexity index is 458. The minimum absolute atomic E-state index is 0.0462. The molecule has 0 rings (SSSR count). The zero-order valence-corrected chi connectivity index (χ0v) is 24.9. The third-order valence-electron chi connectivity index (χ3n) is 7.62. The van der Waals surface area contributed by atoms with E-state index < -0.39 is 0 Å². The third-order valence-corrected chi connectivity index (χ3v) is 7.62. The van der Waals surface area contributed by atoms with Crippen molar-refractivity contribution in [1.82, 2.24) is 0 Å². The smallest absolute Gasteiger partial charge is 0.305 e. The summed E-state index contributed by atoms with van der Waals surface area (Å²) in [6.07, 6.45) is 30.5. The van der Waals surface area contributed by atoms with E-state index in [2.05, 4.69) is 20.8 Å². The standard InChI is InChI=1S/C33H64O3/c1-4-7-10-13-16-19-24-31(25-20-17-14-11-8-5-2)29-30-36-33(35)28-23-18-22-27-32(34)26-21-15-12-9-6-3/h31H,4-30H2,1-3H3. The molecule has 0 aliphatic rings. The summed E-state index contributed by atoms with van der Waals surface area (Å²) in [7, 11) is 0. The van der Waals surface area contributed by atoms with Crippen LogP contribution in [0.3, 0.4) is 0 Å². The summed E-state index contributed by atoms with van der Waals surface area (Å²) in [5.41, 5.74) is 0. The minimum Gasteiger partial charge on any atom is -0.466 e. The van der Waals surface area contributed by atoms with Crippen LogP contribution in [-0.2, 0) is 14.3 Å². The van der Waals surface area contributed by atoms with E-state index in [0.717, 1.165) is 38.5 Å². The van der Waals surface area contributed by atoms with Gasteiger partial charge in [-0.15, -0.1) is 0 Å². The molecule has 214 valence electrons. The van der Waals surface area contributed by atoms with Crippen molar-refractivity contribution in [2.24, 2.45) is 5.92 Å².